The second-order valence-electron chi connectivity index (χ2n) is 17.7. The van der Waals surface area contributed by atoms with Gasteiger partial charge < -0.3 is 4.90 Å². The van der Waals surface area contributed by atoms with Gasteiger partial charge in [-0.3, -0.25) is 0 Å². The summed E-state index contributed by atoms with van der Waals surface area (Å²) >= 11 is 0. The summed E-state index contributed by atoms with van der Waals surface area (Å²) in [6, 6.07) is 78.5. The van der Waals surface area contributed by atoms with Crippen molar-refractivity contribution in [1.29, 1.82) is 0 Å². The molecule has 0 aliphatic heterocycles. The number of anilines is 3. The molecule has 0 N–H and O–H groups in total. The predicted molar refractivity (Wildman–Crippen MR) is 258 cm³/mol. The first kappa shape index (κ1) is 36.8. The molecular formula is C60H47N. The van der Waals surface area contributed by atoms with Crippen molar-refractivity contribution in [3.63, 3.8) is 0 Å². The molecule has 0 aromatic heterocycles. The molecule has 0 saturated heterocycles. The highest BCUT2D eigenvalue weighted by molar-refractivity contribution is 5.98. The third kappa shape index (κ3) is 5.99. The Morgan fingerprint density at radius 3 is 1.46 bits per heavy atom. The van der Waals surface area contributed by atoms with Gasteiger partial charge in [0.1, 0.15) is 0 Å². The van der Waals surface area contributed by atoms with Crippen LogP contribution in [0.4, 0.5) is 17.1 Å². The Kier molecular flexibility index (Phi) is 8.58. The molecule has 2 aliphatic rings. The fraction of sp³-hybridized carbons (Fsp3) is 0.100. The lowest BCUT2D eigenvalue weighted by molar-refractivity contribution is 0.660. The molecule has 2 aliphatic carbocycles. The number of fused-ring (bicyclic) bond motifs is 6. The van der Waals surface area contributed by atoms with Gasteiger partial charge in [0.25, 0.3) is 0 Å². The molecule has 0 radical (unpaired) electrons. The maximum Gasteiger partial charge on any atom is 0.0540 e. The van der Waals surface area contributed by atoms with Crippen LogP contribution in [0.2, 0.25) is 0 Å². The zero-order valence-electron chi connectivity index (χ0n) is 35.2. The Labute approximate surface area is 360 Å². The minimum absolute atomic E-state index is 0.0315. The summed E-state index contributed by atoms with van der Waals surface area (Å²) < 4.78 is 0. The van der Waals surface area contributed by atoms with Crippen molar-refractivity contribution < 1.29 is 0 Å². The van der Waals surface area contributed by atoms with Crippen molar-refractivity contribution in [3.8, 4) is 66.8 Å². The first-order valence-corrected chi connectivity index (χ1v) is 21.5. The van der Waals surface area contributed by atoms with Crippen molar-refractivity contribution in [2.75, 3.05) is 4.90 Å². The van der Waals surface area contributed by atoms with Gasteiger partial charge in [0.15, 0.2) is 0 Å². The molecule has 0 fully saturated rings. The average molecular weight is 782 g/mol. The zero-order valence-corrected chi connectivity index (χ0v) is 35.2. The van der Waals surface area contributed by atoms with E-state index in [2.05, 4.69) is 245 Å². The molecule has 61 heavy (non-hydrogen) atoms. The van der Waals surface area contributed by atoms with E-state index >= 15 is 0 Å². The molecule has 0 heterocycles. The van der Waals surface area contributed by atoms with Gasteiger partial charge in [-0.25, -0.2) is 0 Å². The maximum atomic E-state index is 2.46. The van der Waals surface area contributed by atoms with E-state index in [9.17, 15) is 0 Å². The number of para-hydroxylation sites is 1. The molecular weight excluding hydrogens is 735 g/mol. The van der Waals surface area contributed by atoms with Gasteiger partial charge in [-0.05, 0) is 120 Å². The van der Waals surface area contributed by atoms with E-state index in [1.54, 1.807) is 0 Å². The Morgan fingerprint density at radius 1 is 0.279 bits per heavy atom. The second kappa shape index (κ2) is 14.2. The molecule has 0 amide bonds. The maximum absolute atomic E-state index is 2.46. The van der Waals surface area contributed by atoms with Crippen LogP contribution in [0.5, 0.6) is 0 Å². The summed E-state index contributed by atoms with van der Waals surface area (Å²) in [5.41, 5.74) is 23.8. The van der Waals surface area contributed by atoms with Gasteiger partial charge in [-0.2, -0.15) is 0 Å². The standard InChI is InChI=1S/C60H47N/c1-59(2)53-24-11-8-20-48(53)52-39-45(34-37-55(52)59)44-18-14-19-47(38-44)61(46-35-32-43(33-36-46)42-30-28-41(29-31-42)40-16-6-5-7-17-40)57-27-13-10-21-49(57)50-23-15-26-56-58(50)51-22-9-12-25-54(51)60(56,3)4/h5-39H,1-4H3. The third-order valence-electron chi connectivity index (χ3n) is 13.5. The lowest BCUT2D eigenvalue weighted by atomic mass is 9.82. The fourth-order valence-corrected chi connectivity index (χ4v) is 10.3. The summed E-state index contributed by atoms with van der Waals surface area (Å²) in [6.07, 6.45) is 0. The smallest absolute Gasteiger partial charge is 0.0540 e. The van der Waals surface area contributed by atoms with Crippen LogP contribution in [0.25, 0.3) is 66.8 Å². The van der Waals surface area contributed by atoms with E-state index in [0.29, 0.717) is 0 Å². The molecule has 0 bridgehead atoms. The van der Waals surface area contributed by atoms with Crippen molar-refractivity contribution in [1.82, 2.24) is 0 Å². The summed E-state index contributed by atoms with van der Waals surface area (Å²) in [4.78, 5) is 2.46. The van der Waals surface area contributed by atoms with Crippen molar-refractivity contribution >= 4 is 17.1 Å². The quantitative estimate of drug-likeness (QED) is 0.156. The Bertz CT molecular complexity index is 3110. The fourth-order valence-electron chi connectivity index (χ4n) is 10.3. The highest BCUT2D eigenvalue weighted by atomic mass is 15.1. The molecule has 9 aromatic carbocycles. The third-order valence-corrected chi connectivity index (χ3v) is 13.5. The van der Waals surface area contributed by atoms with Crippen LogP contribution >= 0.6 is 0 Å². The van der Waals surface area contributed by atoms with Crippen LogP contribution in [0, 0.1) is 0 Å². The molecule has 1 heteroatoms. The first-order chi connectivity index (χ1) is 29.8. The Balaban J connectivity index is 1.05. The van der Waals surface area contributed by atoms with Gasteiger partial charge in [0, 0.05) is 27.8 Å². The molecule has 1 nitrogen and oxygen atoms in total. The second-order valence-corrected chi connectivity index (χ2v) is 17.7. The lowest BCUT2D eigenvalue weighted by Crippen LogP contribution is -2.15. The summed E-state index contributed by atoms with van der Waals surface area (Å²) in [6.45, 7) is 9.42. The van der Waals surface area contributed by atoms with E-state index in [1.807, 2.05) is 0 Å². The molecule has 11 rings (SSSR count). The Morgan fingerprint density at radius 2 is 0.738 bits per heavy atom. The molecule has 0 unspecified atom stereocenters. The van der Waals surface area contributed by atoms with E-state index in [0.717, 1.165) is 17.1 Å². The lowest BCUT2D eigenvalue weighted by Gasteiger charge is -2.29. The van der Waals surface area contributed by atoms with Gasteiger partial charge in [-0.15, -0.1) is 0 Å². The van der Waals surface area contributed by atoms with E-state index in [1.165, 1.54) is 89.0 Å². The van der Waals surface area contributed by atoms with Gasteiger partial charge in [-0.1, -0.05) is 204 Å². The summed E-state index contributed by atoms with van der Waals surface area (Å²) in [7, 11) is 0. The Hall–Kier alpha value is -7.22. The molecule has 0 saturated carbocycles. The predicted octanol–water partition coefficient (Wildman–Crippen LogP) is 16.4. The van der Waals surface area contributed by atoms with Crippen molar-refractivity contribution in [2.24, 2.45) is 0 Å². The topological polar surface area (TPSA) is 3.24 Å². The van der Waals surface area contributed by atoms with Crippen LogP contribution in [0.15, 0.2) is 212 Å². The molecule has 292 valence electrons. The van der Waals surface area contributed by atoms with E-state index < -0.39 is 0 Å². The van der Waals surface area contributed by atoms with Crippen LogP contribution in [0.3, 0.4) is 0 Å². The van der Waals surface area contributed by atoms with Crippen LogP contribution in [0.1, 0.15) is 49.9 Å². The minimum Gasteiger partial charge on any atom is -0.310 e. The van der Waals surface area contributed by atoms with Crippen LogP contribution in [-0.2, 0) is 10.8 Å². The average Bonchev–Trinajstić information content (AvgIpc) is 3.69. The van der Waals surface area contributed by atoms with Gasteiger partial charge >= 0.3 is 0 Å². The summed E-state index contributed by atoms with van der Waals surface area (Å²) in [5, 5.41) is 0. The first-order valence-electron chi connectivity index (χ1n) is 21.5. The minimum atomic E-state index is -0.0917. The van der Waals surface area contributed by atoms with Crippen LogP contribution in [-0.4, -0.2) is 0 Å². The summed E-state index contributed by atoms with van der Waals surface area (Å²) in [5.74, 6) is 0. The largest absolute Gasteiger partial charge is 0.310 e. The molecule has 9 aromatic rings. The number of hydrogen-bond donors (Lipinski definition) is 0. The highest BCUT2D eigenvalue weighted by Crippen LogP contribution is 2.54. The normalized spacial score (nSPS) is 13.8. The van der Waals surface area contributed by atoms with Crippen molar-refractivity contribution in [2.45, 2.75) is 38.5 Å². The molecule has 0 atom stereocenters. The van der Waals surface area contributed by atoms with Crippen molar-refractivity contribution in [3.05, 3.63) is 235 Å². The number of benzene rings is 9. The van der Waals surface area contributed by atoms with Gasteiger partial charge in [0.05, 0.1) is 5.69 Å². The number of rotatable bonds is 7. The highest BCUT2D eigenvalue weighted by Gasteiger charge is 2.37. The van der Waals surface area contributed by atoms with Crippen LogP contribution < -0.4 is 4.90 Å². The van der Waals surface area contributed by atoms with Gasteiger partial charge in [0.2, 0.25) is 0 Å². The molecule has 0 spiro atoms. The van der Waals surface area contributed by atoms with E-state index in [-0.39, 0.29) is 10.8 Å². The number of nitrogens with zero attached hydrogens (tertiary/aromatic N) is 1. The number of hydrogen-bond acceptors (Lipinski definition) is 1. The zero-order chi connectivity index (χ0) is 41.3. The SMILES string of the molecule is CC1(C)c2ccccc2-c2cc(-c3cccc(N(c4ccc(-c5ccc(-c6ccccc6)cc5)cc4)c4ccccc4-c4cccc5c4-c4ccccc4C5(C)C)c3)ccc21. The monoisotopic (exact) mass is 781 g/mol. The van der Waals surface area contributed by atoms with E-state index in [4.69, 9.17) is 0 Å².